The Hall–Kier alpha value is -2.94. The minimum atomic E-state index is -4.81. The van der Waals surface area contributed by atoms with Gasteiger partial charge in [-0.1, -0.05) is 24.3 Å². The molecule has 0 atom stereocenters. The van der Waals surface area contributed by atoms with Crippen molar-refractivity contribution in [3.8, 4) is 28.1 Å². The number of aromatic nitrogens is 1. The van der Waals surface area contributed by atoms with Crippen LogP contribution in [0.1, 0.15) is 12.6 Å². The molecule has 0 saturated carbocycles. The van der Waals surface area contributed by atoms with Crippen LogP contribution in [0, 0.1) is 5.82 Å². The average molecular weight is 439 g/mol. The lowest BCUT2D eigenvalue weighted by Crippen LogP contribution is -2.12. The first-order valence-corrected chi connectivity index (χ1v) is 10.7. The largest absolute Gasteiger partial charge is 0.478 e. The van der Waals surface area contributed by atoms with E-state index >= 15 is 0 Å². The van der Waals surface area contributed by atoms with Crippen molar-refractivity contribution in [1.82, 2.24) is 4.98 Å². The van der Waals surface area contributed by atoms with Crippen molar-refractivity contribution in [2.45, 2.75) is 18.0 Å². The lowest BCUT2D eigenvalue weighted by molar-refractivity contribution is -0.140. The summed E-state index contributed by atoms with van der Waals surface area (Å²) in [5.41, 5.74) is -0.857. The molecule has 0 amide bonds. The number of alkyl halides is 3. The quantitative estimate of drug-likeness (QED) is 0.501. The number of hydrogen-bond donors (Lipinski definition) is 0. The molecular weight excluding hydrogens is 422 g/mol. The molecule has 3 aromatic rings. The molecule has 2 aromatic carbocycles. The molecule has 0 fully saturated rings. The van der Waals surface area contributed by atoms with E-state index in [9.17, 15) is 26.0 Å². The van der Waals surface area contributed by atoms with Crippen LogP contribution in [-0.2, 0) is 16.0 Å². The standard InChI is InChI=1S/C21H17F4NO3S/c1-3-29-18-12-17(13-6-10-16(11-7-13)30(2,27)28)19(20(26-18)21(23,24)25)14-4-8-15(22)9-5-14/h4-12H,3H2,1-2H3. The molecule has 0 aliphatic carbocycles. The minimum absolute atomic E-state index is 0.0321. The minimum Gasteiger partial charge on any atom is -0.478 e. The smallest absolute Gasteiger partial charge is 0.434 e. The van der Waals surface area contributed by atoms with E-state index in [1.165, 1.54) is 42.5 Å². The monoisotopic (exact) mass is 439 g/mol. The first-order chi connectivity index (χ1) is 14.0. The fourth-order valence-electron chi connectivity index (χ4n) is 2.97. The number of pyridine rings is 1. The third kappa shape index (κ3) is 4.62. The van der Waals surface area contributed by atoms with E-state index in [2.05, 4.69) is 4.98 Å². The maximum Gasteiger partial charge on any atom is 0.434 e. The Morgan fingerprint density at radius 3 is 2.03 bits per heavy atom. The first kappa shape index (κ1) is 21.8. The number of nitrogens with zero attached hydrogens (tertiary/aromatic N) is 1. The maximum atomic E-state index is 13.9. The van der Waals surface area contributed by atoms with Crippen LogP contribution < -0.4 is 4.74 Å². The highest BCUT2D eigenvalue weighted by atomic mass is 32.2. The van der Waals surface area contributed by atoms with Crippen molar-refractivity contribution in [1.29, 1.82) is 0 Å². The van der Waals surface area contributed by atoms with E-state index in [1.807, 2.05) is 0 Å². The summed E-state index contributed by atoms with van der Waals surface area (Å²) >= 11 is 0. The highest BCUT2D eigenvalue weighted by Crippen LogP contribution is 2.43. The number of sulfone groups is 1. The van der Waals surface area contributed by atoms with Crippen molar-refractivity contribution >= 4 is 9.84 Å². The predicted octanol–water partition coefficient (Wildman–Crippen LogP) is 5.38. The molecule has 9 heteroatoms. The number of rotatable bonds is 5. The summed E-state index contributed by atoms with van der Waals surface area (Å²) in [6.45, 7) is 1.72. The van der Waals surface area contributed by atoms with Gasteiger partial charge in [0.25, 0.3) is 0 Å². The van der Waals surface area contributed by atoms with Gasteiger partial charge in [-0.3, -0.25) is 0 Å². The molecule has 0 aliphatic rings. The summed E-state index contributed by atoms with van der Waals surface area (Å²) in [6, 6.07) is 11.4. The zero-order valence-corrected chi connectivity index (χ0v) is 16.8. The number of halogens is 4. The van der Waals surface area contributed by atoms with E-state index in [-0.39, 0.29) is 34.1 Å². The van der Waals surface area contributed by atoms with Gasteiger partial charge in [0.1, 0.15) is 5.82 Å². The second-order valence-electron chi connectivity index (χ2n) is 6.47. The SMILES string of the molecule is CCOc1cc(-c2ccc(S(C)(=O)=O)cc2)c(-c2ccc(F)cc2)c(C(F)(F)F)n1. The molecule has 1 heterocycles. The summed E-state index contributed by atoms with van der Waals surface area (Å²) in [5, 5.41) is 0. The molecule has 0 spiro atoms. The summed E-state index contributed by atoms with van der Waals surface area (Å²) in [5.74, 6) is -0.817. The van der Waals surface area contributed by atoms with Crippen molar-refractivity contribution in [2.75, 3.05) is 12.9 Å². The van der Waals surface area contributed by atoms with Crippen molar-refractivity contribution < 1.29 is 30.7 Å². The Morgan fingerprint density at radius 2 is 1.53 bits per heavy atom. The molecule has 0 radical (unpaired) electrons. The van der Waals surface area contributed by atoms with Crippen molar-refractivity contribution in [3.05, 3.63) is 66.1 Å². The molecule has 1 aromatic heterocycles. The number of hydrogen-bond acceptors (Lipinski definition) is 4. The second-order valence-corrected chi connectivity index (χ2v) is 8.48. The van der Waals surface area contributed by atoms with Gasteiger partial charge in [-0.15, -0.1) is 0 Å². The Morgan fingerprint density at radius 1 is 0.967 bits per heavy atom. The van der Waals surface area contributed by atoms with E-state index in [0.29, 0.717) is 5.56 Å². The third-order valence-electron chi connectivity index (χ3n) is 4.28. The van der Waals surface area contributed by atoms with Gasteiger partial charge >= 0.3 is 6.18 Å². The predicted molar refractivity (Wildman–Crippen MR) is 104 cm³/mol. The van der Waals surface area contributed by atoms with E-state index in [4.69, 9.17) is 4.74 Å². The van der Waals surface area contributed by atoms with Crippen LogP contribution in [0.4, 0.5) is 17.6 Å². The average Bonchev–Trinajstić information content (AvgIpc) is 2.67. The van der Waals surface area contributed by atoms with Crippen LogP contribution in [0.3, 0.4) is 0 Å². The van der Waals surface area contributed by atoms with Crippen LogP contribution in [0.25, 0.3) is 22.3 Å². The Labute approximate surface area is 171 Å². The molecule has 0 N–H and O–H groups in total. The molecule has 0 saturated heterocycles. The number of benzene rings is 2. The summed E-state index contributed by atoms with van der Waals surface area (Å²) in [7, 11) is -3.48. The molecule has 3 rings (SSSR count). The van der Waals surface area contributed by atoms with Gasteiger partial charge in [0.05, 0.1) is 11.5 Å². The van der Waals surface area contributed by atoms with Crippen LogP contribution in [0.2, 0.25) is 0 Å². The zero-order valence-electron chi connectivity index (χ0n) is 16.0. The highest BCUT2D eigenvalue weighted by Gasteiger charge is 2.38. The van der Waals surface area contributed by atoms with Gasteiger partial charge in [-0.2, -0.15) is 13.2 Å². The van der Waals surface area contributed by atoms with Crippen molar-refractivity contribution in [3.63, 3.8) is 0 Å². The Bertz CT molecular complexity index is 1160. The van der Waals surface area contributed by atoms with Crippen LogP contribution in [0.15, 0.2) is 59.5 Å². The molecule has 0 aliphatic heterocycles. The van der Waals surface area contributed by atoms with Gasteiger partial charge in [0, 0.05) is 17.9 Å². The molecular formula is C21H17F4NO3S. The topological polar surface area (TPSA) is 56.3 Å². The van der Waals surface area contributed by atoms with Gasteiger partial charge in [-0.25, -0.2) is 17.8 Å². The molecule has 158 valence electrons. The van der Waals surface area contributed by atoms with E-state index < -0.39 is 27.5 Å². The fraction of sp³-hybridized carbons (Fsp3) is 0.190. The first-order valence-electron chi connectivity index (χ1n) is 8.82. The second kappa shape index (κ2) is 8.06. The highest BCUT2D eigenvalue weighted by molar-refractivity contribution is 7.90. The molecule has 0 bridgehead atoms. The molecule has 30 heavy (non-hydrogen) atoms. The van der Waals surface area contributed by atoms with Crippen molar-refractivity contribution in [2.24, 2.45) is 0 Å². The summed E-state index contributed by atoms with van der Waals surface area (Å²) in [6.07, 6.45) is -3.77. The Kier molecular flexibility index (Phi) is 5.85. The van der Waals surface area contributed by atoms with E-state index in [1.54, 1.807) is 6.92 Å². The summed E-state index contributed by atoms with van der Waals surface area (Å²) < 4.78 is 83.6. The zero-order chi connectivity index (χ0) is 22.1. The summed E-state index contributed by atoms with van der Waals surface area (Å²) in [4.78, 5) is 3.67. The maximum absolute atomic E-state index is 13.9. The normalized spacial score (nSPS) is 12.1. The van der Waals surface area contributed by atoms with Crippen LogP contribution >= 0.6 is 0 Å². The molecule has 0 unspecified atom stereocenters. The molecule has 4 nitrogen and oxygen atoms in total. The lowest BCUT2D eigenvalue weighted by Gasteiger charge is -2.19. The van der Waals surface area contributed by atoms with E-state index in [0.717, 1.165) is 18.4 Å². The van der Waals surface area contributed by atoms with Crippen LogP contribution in [-0.4, -0.2) is 26.3 Å². The van der Waals surface area contributed by atoms with Gasteiger partial charge in [-0.05, 0) is 47.9 Å². The Balaban J connectivity index is 2.33. The van der Waals surface area contributed by atoms with Gasteiger partial charge in [0.15, 0.2) is 15.5 Å². The fourth-order valence-corrected chi connectivity index (χ4v) is 3.60. The number of ether oxygens (including phenoxy) is 1. The lowest BCUT2D eigenvalue weighted by atomic mass is 9.93. The van der Waals surface area contributed by atoms with Crippen LogP contribution in [0.5, 0.6) is 5.88 Å². The van der Waals surface area contributed by atoms with Gasteiger partial charge < -0.3 is 4.74 Å². The third-order valence-corrected chi connectivity index (χ3v) is 5.41. The van der Waals surface area contributed by atoms with Gasteiger partial charge in [0.2, 0.25) is 5.88 Å².